The van der Waals surface area contributed by atoms with E-state index in [1.807, 2.05) is 29.1 Å². The number of fused-ring (bicyclic) bond motifs is 3. The Bertz CT molecular complexity index is 1310. The summed E-state index contributed by atoms with van der Waals surface area (Å²) < 4.78 is 14.5. The van der Waals surface area contributed by atoms with E-state index in [1.165, 1.54) is 4.88 Å². The summed E-state index contributed by atoms with van der Waals surface area (Å²) in [6, 6.07) is 6.27. The van der Waals surface area contributed by atoms with Gasteiger partial charge in [-0.25, -0.2) is 14.6 Å². The molecule has 0 spiro atoms. The minimum Gasteiger partial charge on any atom is -0.492 e. The van der Waals surface area contributed by atoms with Crippen molar-refractivity contribution in [2.45, 2.75) is 39.8 Å². The molecular weight excluding hydrogens is 440 g/mol. The highest BCUT2D eigenvalue weighted by atomic mass is 32.1. The van der Waals surface area contributed by atoms with Crippen LogP contribution in [0.4, 0.5) is 0 Å². The van der Waals surface area contributed by atoms with Crippen molar-refractivity contribution in [3.05, 3.63) is 41.8 Å². The Hall–Kier alpha value is -3.53. The zero-order valence-corrected chi connectivity index (χ0v) is 19.5. The van der Waals surface area contributed by atoms with Gasteiger partial charge in [0.15, 0.2) is 10.8 Å². The van der Waals surface area contributed by atoms with Crippen LogP contribution in [0.5, 0.6) is 5.75 Å². The van der Waals surface area contributed by atoms with Crippen LogP contribution in [0.1, 0.15) is 31.7 Å². The molecule has 0 N–H and O–H groups in total. The highest BCUT2D eigenvalue weighted by Gasteiger charge is 2.24. The second-order valence-corrected chi connectivity index (χ2v) is 9.04. The van der Waals surface area contributed by atoms with Crippen molar-refractivity contribution in [2.75, 3.05) is 13.2 Å². The fourth-order valence-electron chi connectivity index (χ4n) is 3.82. The summed E-state index contributed by atoms with van der Waals surface area (Å²) in [4.78, 5) is 22.3. The lowest BCUT2D eigenvalue weighted by Gasteiger charge is -2.09. The van der Waals surface area contributed by atoms with Crippen LogP contribution in [-0.2, 0) is 22.5 Å². The summed E-state index contributed by atoms with van der Waals surface area (Å²) in [5.74, 6) is 1.26. The molecule has 10 heteroatoms. The monoisotopic (exact) mass is 464 g/mol. The summed E-state index contributed by atoms with van der Waals surface area (Å²) in [7, 11) is 0. The molecule has 9 nitrogen and oxygen atoms in total. The number of benzene rings is 1. The second kappa shape index (κ2) is 8.78. The van der Waals surface area contributed by atoms with Crippen LogP contribution >= 0.6 is 11.3 Å². The number of ether oxygens (including phenoxy) is 2. The highest BCUT2D eigenvalue weighted by molar-refractivity contribution is 7.15. The summed E-state index contributed by atoms with van der Waals surface area (Å²) in [6.45, 7) is 6.96. The van der Waals surface area contributed by atoms with Gasteiger partial charge in [-0.3, -0.25) is 9.48 Å². The van der Waals surface area contributed by atoms with Gasteiger partial charge in [-0.15, -0.1) is 11.3 Å². The molecule has 3 aromatic heterocycles. The van der Waals surface area contributed by atoms with E-state index in [-0.39, 0.29) is 18.6 Å². The van der Waals surface area contributed by atoms with E-state index in [9.17, 15) is 4.79 Å². The van der Waals surface area contributed by atoms with Gasteiger partial charge in [0.1, 0.15) is 18.6 Å². The van der Waals surface area contributed by atoms with Crippen LogP contribution in [0, 0.1) is 0 Å². The topological polar surface area (TPSA) is 97.0 Å². The Morgan fingerprint density at radius 3 is 2.97 bits per heavy atom. The van der Waals surface area contributed by atoms with Gasteiger partial charge >= 0.3 is 5.97 Å². The average molecular weight is 465 g/mol. The predicted molar refractivity (Wildman–Crippen MR) is 124 cm³/mol. The number of carbonyl (C=O) groups is 1. The molecule has 0 unspecified atom stereocenters. The average Bonchev–Trinajstić information content (AvgIpc) is 3.52. The fourth-order valence-corrected chi connectivity index (χ4v) is 4.86. The molecule has 0 saturated heterocycles. The predicted octanol–water partition coefficient (Wildman–Crippen LogP) is 4.01. The van der Waals surface area contributed by atoms with E-state index in [2.05, 4.69) is 29.0 Å². The first-order chi connectivity index (χ1) is 16.0. The van der Waals surface area contributed by atoms with Crippen molar-refractivity contribution in [3.63, 3.8) is 0 Å². The smallest absolute Gasteiger partial charge is 0.327 e. The van der Waals surface area contributed by atoms with Gasteiger partial charge in [-0.05, 0) is 38.5 Å². The molecule has 0 amide bonds. The third-order valence-corrected chi connectivity index (χ3v) is 6.45. The Morgan fingerprint density at radius 2 is 2.15 bits per heavy atom. The number of hydrogen-bond acceptors (Lipinski definition) is 8. The Kier molecular flexibility index (Phi) is 5.67. The maximum atomic E-state index is 11.7. The van der Waals surface area contributed by atoms with Crippen molar-refractivity contribution in [3.8, 4) is 39.0 Å². The van der Waals surface area contributed by atoms with Crippen LogP contribution in [0.2, 0.25) is 0 Å². The maximum Gasteiger partial charge on any atom is 0.327 e. The minimum absolute atomic E-state index is 0.0846. The number of thiazole rings is 1. The summed E-state index contributed by atoms with van der Waals surface area (Å²) >= 11 is 1.64. The zero-order chi connectivity index (χ0) is 22.9. The lowest BCUT2D eigenvalue weighted by Crippen LogP contribution is -2.13. The molecule has 0 fully saturated rings. The number of esters is 1. The number of aromatic nitrogens is 6. The highest BCUT2D eigenvalue weighted by Crippen LogP contribution is 2.41. The zero-order valence-electron chi connectivity index (χ0n) is 18.7. The molecule has 1 aromatic carbocycles. The molecular formula is C23H24N6O3S. The van der Waals surface area contributed by atoms with Crippen LogP contribution in [0.25, 0.3) is 33.2 Å². The molecule has 0 aliphatic carbocycles. The lowest BCUT2D eigenvalue weighted by atomic mass is 10.0. The largest absolute Gasteiger partial charge is 0.492 e. The molecule has 0 bridgehead atoms. The van der Waals surface area contributed by atoms with E-state index in [4.69, 9.17) is 14.5 Å². The first-order valence-electron chi connectivity index (χ1n) is 10.9. The third-order valence-electron chi connectivity index (χ3n) is 5.34. The van der Waals surface area contributed by atoms with Gasteiger partial charge in [0.25, 0.3) is 0 Å². The van der Waals surface area contributed by atoms with Crippen LogP contribution in [-0.4, -0.2) is 48.7 Å². The van der Waals surface area contributed by atoms with Crippen molar-refractivity contribution >= 4 is 17.3 Å². The number of rotatable bonds is 6. The van der Waals surface area contributed by atoms with Gasteiger partial charge in [0.05, 0.1) is 25.1 Å². The molecule has 4 heterocycles. The molecule has 33 heavy (non-hydrogen) atoms. The molecule has 1 aliphatic rings. The molecule has 4 aromatic rings. The number of carbonyl (C=O) groups excluding carboxylic acids is 1. The van der Waals surface area contributed by atoms with Crippen LogP contribution < -0.4 is 4.74 Å². The second-order valence-electron chi connectivity index (χ2n) is 7.95. The number of hydrogen-bond donors (Lipinski definition) is 0. The lowest BCUT2D eigenvalue weighted by molar-refractivity contribution is -0.144. The van der Waals surface area contributed by atoms with Gasteiger partial charge in [-0.2, -0.15) is 10.2 Å². The number of nitrogens with zero attached hydrogens (tertiary/aromatic N) is 6. The first kappa shape index (κ1) is 21.3. The van der Waals surface area contributed by atoms with E-state index < -0.39 is 0 Å². The fraction of sp³-hybridized carbons (Fsp3) is 0.348. The molecule has 0 saturated carbocycles. The summed E-state index contributed by atoms with van der Waals surface area (Å²) in [5, 5.41) is 9.50. The third kappa shape index (κ3) is 4.13. The Balaban J connectivity index is 1.46. The van der Waals surface area contributed by atoms with E-state index in [0.29, 0.717) is 13.2 Å². The van der Waals surface area contributed by atoms with E-state index in [0.717, 1.165) is 45.4 Å². The van der Waals surface area contributed by atoms with Gasteiger partial charge in [0, 0.05) is 34.7 Å². The maximum absolute atomic E-state index is 11.7. The SMILES string of the molecule is CCOC(=O)Cn1cc(-c2ccc3c(c2)OCCc2sc(-c4ncnn4C(C)C)nc2-3)cn1. The Labute approximate surface area is 195 Å². The molecule has 0 atom stereocenters. The van der Waals surface area contributed by atoms with Crippen molar-refractivity contribution in [2.24, 2.45) is 0 Å². The molecule has 1 aliphatic heterocycles. The minimum atomic E-state index is -0.308. The molecule has 0 radical (unpaired) electrons. The summed E-state index contributed by atoms with van der Waals surface area (Å²) in [6.07, 6.45) is 5.93. The van der Waals surface area contributed by atoms with Crippen LogP contribution in [0.15, 0.2) is 36.9 Å². The van der Waals surface area contributed by atoms with Crippen molar-refractivity contribution < 1.29 is 14.3 Å². The van der Waals surface area contributed by atoms with Crippen LogP contribution in [0.3, 0.4) is 0 Å². The van der Waals surface area contributed by atoms with Gasteiger partial charge in [-0.1, -0.05) is 6.07 Å². The molecule has 170 valence electrons. The Morgan fingerprint density at radius 1 is 1.27 bits per heavy atom. The van der Waals surface area contributed by atoms with E-state index >= 15 is 0 Å². The van der Waals surface area contributed by atoms with Gasteiger partial charge < -0.3 is 9.47 Å². The van der Waals surface area contributed by atoms with Crippen molar-refractivity contribution in [1.82, 2.24) is 29.5 Å². The van der Waals surface area contributed by atoms with E-state index in [1.54, 1.807) is 35.5 Å². The normalized spacial score (nSPS) is 12.7. The quantitative estimate of drug-likeness (QED) is 0.398. The van der Waals surface area contributed by atoms with Crippen molar-refractivity contribution in [1.29, 1.82) is 0 Å². The first-order valence-corrected chi connectivity index (χ1v) is 11.7. The molecule has 5 rings (SSSR count). The summed E-state index contributed by atoms with van der Waals surface area (Å²) in [5.41, 5.74) is 3.76. The standard InChI is InChI=1S/C23H24N6O3S/c1-4-31-20(30)12-28-11-16(10-25-28)15-5-6-17-18(9-15)32-8-7-19-21(17)27-23(33-19)22-24-13-26-29(22)14(2)3/h5-6,9-11,13-14H,4,7-8,12H2,1-3H3. The van der Waals surface area contributed by atoms with Gasteiger partial charge in [0.2, 0.25) is 0 Å².